The number of halogens is 1. The van der Waals surface area contributed by atoms with E-state index in [0.717, 1.165) is 25.0 Å². The summed E-state index contributed by atoms with van der Waals surface area (Å²) in [7, 11) is 0. The van der Waals surface area contributed by atoms with Crippen molar-refractivity contribution in [2.24, 2.45) is 11.7 Å². The molecule has 0 aromatic heterocycles. The number of amides is 1. The molecule has 5 heteroatoms. The molecule has 3 nitrogen and oxygen atoms in total. The third kappa shape index (κ3) is 5.05. The molecule has 3 N–H and O–H groups in total. The number of hydrogen-bond donors (Lipinski definition) is 2. The number of rotatable bonds is 5. The third-order valence-corrected chi connectivity index (χ3v) is 4.33. The van der Waals surface area contributed by atoms with E-state index < -0.39 is 0 Å². The molecule has 0 bridgehead atoms. The minimum absolute atomic E-state index is 0. The van der Waals surface area contributed by atoms with Gasteiger partial charge in [0.2, 0.25) is 5.91 Å². The highest BCUT2D eigenvalue weighted by Gasteiger charge is 2.29. The normalized spacial score (nSPS) is 21.7. The van der Waals surface area contributed by atoms with Crippen molar-refractivity contribution in [1.82, 2.24) is 5.32 Å². The summed E-state index contributed by atoms with van der Waals surface area (Å²) in [5, 5.41) is 2.99. The lowest BCUT2D eigenvalue weighted by Crippen LogP contribution is -2.39. The predicted octanol–water partition coefficient (Wildman–Crippen LogP) is 2.44. The molecule has 0 aliphatic heterocycles. The molecule has 0 spiro atoms. The summed E-state index contributed by atoms with van der Waals surface area (Å²) in [5.74, 6) is 1.07. The topological polar surface area (TPSA) is 55.1 Å². The van der Waals surface area contributed by atoms with E-state index in [1.54, 1.807) is 11.8 Å². The SMILES string of the molecule is Cl.NC1CCCC1C(=O)NCCSc1ccccc1. The fourth-order valence-electron chi connectivity index (χ4n) is 2.31. The summed E-state index contributed by atoms with van der Waals surface area (Å²) in [6.45, 7) is 0.710. The molecule has 2 atom stereocenters. The number of carbonyl (C=O) groups is 1. The van der Waals surface area contributed by atoms with E-state index in [9.17, 15) is 4.79 Å². The van der Waals surface area contributed by atoms with Crippen LogP contribution >= 0.6 is 24.2 Å². The molecule has 2 rings (SSSR count). The van der Waals surface area contributed by atoms with Crippen LogP contribution in [0.25, 0.3) is 0 Å². The van der Waals surface area contributed by atoms with Gasteiger partial charge < -0.3 is 11.1 Å². The van der Waals surface area contributed by atoms with Crippen molar-refractivity contribution in [3.8, 4) is 0 Å². The zero-order valence-electron chi connectivity index (χ0n) is 10.9. The maximum atomic E-state index is 11.9. The minimum Gasteiger partial charge on any atom is -0.355 e. The Morgan fingerprint density at radius 3 is 2.68 bits per heavy atom. The van der Waals surface area contributed by atoms with E-state index in [1.165, 1.54) is 4.90 Å². The second-order valence-electron chi connectivity index (χ2n) is 4.65. The second kappa shape index (κ2) is 8.46. The van der Waals surface area contributed by atoms with E-state index in [2.05, 4.69) is 17.4 Å². The van der Waals surface area contributed by atoms with Gasteiger partial charge in [0.05, 0.1) is 5.92 Å². The van der Waals surface area contributed by atoms with Gasteiger partial charge >= 0.3 is 0 Å². The Morgan fingerprint density at radius 1 is 1.32 bits per heavy atom. The van der Waals surface area contributed by atoms with Crippen molar-refractivity contribution >= 4 is 30.1 Å². The van der Waals surface area contributed by atoms with Crippen LogP contribution in [-0.4, -0.2) is 24.2 Å². The van der Waals surface area contributed by atoms with Gasteiger partial charge in [-0.1, -0.05) is 24.6 Å². The van der Waals surface area contributed by atoms with Crippen molar-refractivity contribution in [2.75, 3.05) is 12.3 Å². The third-order valence-electron chi connectivity index (χ3n) is 3.32. The number of nitrogens with one attached hydrogen (secondary N) is 1. The van der Waals surface area contributed by atoms with Crippen LogP contribution in [0.3, 0.4) is 0 Å². The van der Waals surface area contributed by atoms with Gasteiger partial charge in [0.25, 0.3) is 0 Å². The van der Waals surface area contributed by atoms with Gasteiger partial charge in [0.15, 0.2) is 0 Å². The molecule has 0 saturated heterocycles. The number of nitrogens with two attached hydrogens (primary N) is 1. The van der Waals surface area contributed by atoms with Gasteiger partial charge in [-0.3, -0.25) is 4.79 Å². The molecule has 1 fully saturated rings. The first-order valence-electron chi connectivity index (χ1n) is 6.48. The number of carbonyl (C=O) groups excluding carboxylic acids is 1. The Bertz CT molecular complexity index is 388. The van der Waals surface area contributed by atoms with Gasteiger partial charge in [-0.15, -0.1) is 24.2 Å². The highest BCUT2D eigenvalue weighted by molar-refractivity contribution is 7.99. The molecule has 1 amide bonds. The highest BCUT2D eigenvalue weighted by Crippen LogP contribution is 2.24. The molecule has 1 aliphatic rings. The van der Waals surface area contributed by atoms with Gasteiger partial charge in [0, 0.05) is 23.2 Å². The Hall–Kier alpha value is -0.710. The zero-order chi connectivity index (χ0) is 12.8. The summed E-state index contributed by atoms with van der Waals surface area (Å²) in [5.41, 5.74) is 5.91. The number of thioether (sulfide) groups is 1. The molecular formula is C14H21ClN2OS. The Morgan fingerprint density at radius 2 is 2.05 bits per heavy atom. The van der Waals surface area contributed by atoms with E-state index in [-0.39, 0.29) is 30.3 Å². The molecule has 1 saturated carbocycles. The van der Waals surface area contributed by atoms with E-state index in [0.29, 0.717) is 6.54 Å². The number of benzene rings is 1. The Kier molecular flexibility index (Phi) is 7.28. The smallest absolute Gasteiger partial charge is 0.224 e. The Balaban J connectivity index is 0.00000180. The maximum Gasteiger partial charge on any atom is 0.224 e. The average molecular weight is 301 g/mol. The van der Waals surface area contributed by atoms with E-state index in [1.807, 2.05) is 18.2 Å². The Labute approximate surface area is 125 Å². The van der Waals surface area contributed by atoms with Crippen molar-refractivity contribution in [2.45, 2.75) is 30.2 Å². The molecule has 1 aromatic rings. The average Bonchev–Trinajstić information content (AvgIpc) is 2.82. The van der Waals surface area contributed by atoms with E-state index >= 15 is 0 Å². The van der Waals surface area contributed by atoms with E-state index in [4.69, 9.17) is 5.73 Å². The lowest BCUT2D eigenvalue weighted by Gasteiger charge is -2.14. The highest BCUT2D eigenvalue weighted by atomic mass is 35.5. The lowest BCUT2D eigenvalue weighted by atomic mass is 10.0. The first-order chi connectivity index (χ1) is 8.77. The van der Waals surface area contributed by atoms with Gasteiger partial charge in [-0.05, 0) is 25.0 Å². The second-order valence-corrected chi connectivity index (χ2v) is 5.82. The minimum atomic E-state index is 0. The summed E-state index contributed by atoms with van der Waals surface area (Å²) in [6, 6.07) is 10.3. The van der Waals surface area contributed by atoms with Gasteiger partial charge in [-0.2, -0.15) is 0 Å². The lowest BCUT2D eigenvalue weighted by molar-refractivity contribution is -0.125. The van der Waals surface area contributed by atoms with Crippen LogP contribution in [-0.2, 0) is 4.79 Å². The van der Waals surface area contributed by atoms with Crippen LogP contribution in [0.15, 0.2) is 35.2 Å². The largest absolute Gasteiger partial charge is 0.355 e. The van der Waals surface area contributed by atoms with Crippen molar-refractivity contribution in [3.63, 3.8) is 0 Å². The fraction of sp³-hybridized carbons (Fsp3) is 0.500. The van der Waals surface area contributed by atoms with Crippen LogP contribution in [0.1, 0.15) is 19.3 Å². The molecular weight excluding hydrogens is 280 g/mol. The monoisotopic (exact) mass is 300 g/mol. The summed E-state index contributed by atoms with van der Waals surface area (Å²) in [6.07, 6.45) is 3.01. The maximum absolute atomic E-state index is 11.9. The van der Waals surface area contributed by atoms with Crippen LogP contribution in [0, 0.1) is 5.92 Å². The summed E-state index contributed by atoms with van der Waals surface area (Å²) < 4.78 is 0. The first kappa shape index (κ1) is 16.3. The standard InChI is InChI=1S/C14H20N2OS.ClH/c15-13-8-4-7-12(13)14(17)16-9-10-18-11-5-2-1-3-6-11;/h1-3,5-6,12-13H,4,7-10,15H2,(H,16,17);1H. The predicted molar refractivity (Wildman–Crippen MR) is 82.7 cm³/mol. The molecule has 106 valence electrons. The quantitative estimate of drug-likeness (QED) is 0.649. The van der Waals surface area contributed by atoms with Crippen molar-refractivity contribution < 1.29 is 4.79 Å². The van der Waals surface area contributed by atoms with Crippen molar-refractivity contribution in [3.05, 3.63) is 30.3 Å². The van der Waals surface area contributed by atoms with Crippen molar-refractivity contribution in [1.29, 1.82) is 0 Å². The molecule has 0 radical (unpaired) electrons. The molecule has 19 heavy (non-hydrogen) atoms. The molecule has 1 aliphatic carbocycles. The van der Waals surface area contributed by atoms with Crippen LogP contribution < -0.4 is 11.1 Å². The fourth-order valence-corrected chi connectivity index (χ4v) is 3.09. The van der Waals surface area contributed by atoms with Gasteiger partial charge in [0.1, 0.15) is 0 Å². The molecule has 1 aromatic carbocycles. The van der Waals surface area contributed by atoms with Crippen LogP contribution in [0.2, 0.25) is 0 Å². The van der Waals surface area contributed by atoms with Crippen LogP contribution in [0.5, 0.6) is 0 Å². The zero-order valence-corrected chi connectivity index (χ0v) is 12.5. The van der Waals surface area contributed by atoms with Gasteiger partial charge in [-0.25, -0.2) is 0 Å². The summed E-state index contributed by atoms with van der Waals surface area (Å²) in [4.78, 5) is 13.1. The number of hydrogen-bond acceptors (Lipinski definition) is 3. The molecule has 2 unspecified atom stereocenters. The molecule has 0 heterocycles. The first-order valence-corrected chi connectivity index (χ1v) is 7.47. The summed E-state index contributed by atoms with van der Waals surface area (Å²) >= 11 is 1.76. The van der Waals surface area contributed by atoms with Crippen LogP contribution in [0.4, 0.5) is 0 Å².